The smallest absolute Gasteiger partial charge is 0.225 e. The van der Waals surface area contributed by atoms with Gasteiger partial charge in [0.05, 0.1) is 11.7 Å². The number of nitrogens with one attached hydrogen (secondary N) is 1. The van der Waals surface area contributed by atoms with E-state index in [-0.39, 0.29) is 24.0 Å². The molecule has 9 heteroatoms. The fraction of sp³-hybridized carbons (Fsp3) is 0.500. The monoisotopic (exact) mass is 422 g/mol. The molecular weight excluding hydrogens is 395 g/mol. The van der Waals surface area contributed by atoms with Gasteiger partial charge >= 0.3 is 0 Å². The number of amides is 1. The third-order valence-corrected chi connectivity index (χ3v) is 7.26. The summed E-state index contributed by atoms with van der Waals surface area (Å²) in [6.45, 7) is 2.46. The summed E-state index contributed by atoms with van der Waals surface area (Å²) >= 11 is 0. The number of rotatable bonds is 7. The Morgan fingerprint density at radius 2 is 2.07 bits per heavy atom. The normalized spacial score (nSPS) is 19.1. The van der Waals surface area contributed by atoms with Gasteiger partial charge in [-0.05, 0) is 37.0 Å². The minimum absolute atomic E-state index is 0.0901. The molecule has 29 heavy (non-hydrogen) atoms. The average Bonchev–Trinajstić information content (AvgIpc) is 3.12. The van der Waals surface area contributed by atoms with Gasteiger partial charge in [0.2, 0.25) is 15.9 Å². The first-order valence-corrected chi connectivity index (χ1v) is 11.4. The van der Waals surface area contributed by atoms with E-state index in [1.807, 2.05) is 14.0 Å². The molecule has 1 aromatic carbocycles. The summed E-state index contributed by atoms with van der Waals surface area (Å²) in [6, 6.07) is 5.38. The molecule has 1 saturated heterocycles. The van der Waals surface area contributed by atoms with Crippen molar-refractivity contribution in [2.75, 3.05) is 18.8 Å². The van der Waals surface area contributed by atoms with Crippen LogP contribution in [0.3, 0.4) is 0 Å². The van der Waals surface area contributed by atoms with Crippen LogP contribution in [0, 0.1) is 11.7 Å². The van der Waals surface area contributed by atoms with Crippen LogP contribution < -0.4 is 5.32 Å². The van der Waals surface area contributed by atoms with Crippen LogP contribution in [0.1, 0.15) is 43.6 Å². The quantitative estimate of drug-likeness (QED) is 0.742. The number of benzene rings is 1. The van der Waals surface area contributed by atoms with Crippen molar-refractivity contribution in [1.82, 2.24) is 19.2 Å². The Morgan fingerprint density at radius 1 is 1.34 bits per heavy atom. The first-order chi connectivity index (χ1) is 13.8. The Bertz CT molecular complexity index is 943. The van der Waals surface area contributed by atoms with Crippen molar-refractivity contribution in [3.8, 4) is 0 Å². The van der Waals surface area contributed by atoms with Gasteiger partial charge < -0.3 is 9.88 Å². The molecule has 2 aromatic rings. The van der Waals surface area contributed by atoms with Crippen molar-refractivity contribution >= 4 is 15.9 Å². The van der Waals surface area contributed by atoms with Crippen molar-refractivity contribution < 1.29 is 17.6 Å². The largest absolute Gasteiger partial charge is 0.342 e. The summed E-state index contributed by atoms with van der Waals surface area (Å²) in [6.07, 6.45) is 5.22. The van der Waals surface area contributed by atoms with Crippen LogP contribution in [0.15, 0.2) is 36.7 Å². The average molecular weight is 423 g/mol. The maximum atomic E-state index is 13.4. The second-order valence-corrected chi connectivity index (χ2v) is 9.49. The molecule has 0 aliphatic carbocycles. The summed E-state index contributed by atoms with van der Waals surface area (Å²) < 4.78 is 41.4. The zero-order valence-corrected chi connectivity index (χ0v) is 17.5. The Morgan fingerprint density at radius 3 is 2.69 bits per heavy atom. The van der Waals surface area contributed by atoms with Crippen LogP contribution in [0.4, 0.5) is 4.39 Å². The van der Waals surface area contributed by atoms with E-state index in [1.54, 1.807) is 29.1 Å². The van der Waals surface area contributed by atoms with E-state index in [2.05, 4.69) is 10.3 Å². The Hall–Kier alpha value is -2.26. The molecule has 2 heterocycles. The van der Waals surface area contributed by atoms with Crippen molar-refractivity contribution in [3.05, 3.63) is 53.9 Å². The van der Waals surface area contributed by atoms with Gasteiger partial charge in [-0.2, -0.15) is 0 Å². The Balaban J connectivity index is 1.80. The second-order valence-electron chi connectivity index (χ2n) is 7.40. The lowest BCUT2D eigenvalue weighted by molar-refractivity contribution is -0.126. The maximum absolute atomic E-state index is 13.4. The van der Waals surface area contributed by atoms with Gasteiger partial charge in [0, 0.05) is 32.5 Å². The number of aryl methyl sites for hydroxylation is 1. The van der Waals surface area contributed by atoms with Gasteiger partial charge in [-0.15, -0.1) is 0 Å². The lowest BCUT2D eigenvalue weighted by Crippen LogP contribution is -2.46. The zero-order valence-electron chi connectivity index (χ0n) is 16.7. The molecule has 1 fully saturated rings. The fourth-order valence-electron chi connectivity index (χ4n) is 3.66. The predicted molar refractivity (Wildman–Crippen MR) is 108 cm³/mol. The summed E-state index contributed by atoms with van der Waals surface area (Å²) in [4.78, 5) is 17.4. The summed E-state index contributed by atoms with van der Waals surface area (Å²) in [5.74, 6) is -0.302. The van der Waals surface area contributed by atoms with E-state index in [9.17, 15) is 17.6 Å². The third-order valence-electron chi connectivity index (χ3n) is 5.22. The number of nitrogens with zero attached hydrogens (tertiary/aromatic N) is 3. The molecule has 0 saturated carbocycles. The van der Waals surface area contributed by atoms with Gasteiger partial charge in [0.25, 0.3) is 0 Å². The van der Waals surface area contributed by atoms with Crippen LogP contribution in [0.5, 0.6) is 0 Å². The zero-order chi connectivity index (χ0) is 21.0. The van der Waals surface area contributed by atoms with Gasteiger partial charge in [-0.1, -0.05) is 19.1 Å². The first kappa shape index (κ1) is 21.4. The highest BCUT2D eigenvalue weighted by Crippen LogP contribution is 2.24. The molecule has 158 valence electrons. The third kappa shape index (κ3) is 5.02. The molecule has 3 rings (SSSR count). The summed E-state index contributed by atoms with van der Waals surface area (Å²) in [5, 5.41) is 3.00. The molecule has 1 aromatic heterocycles. The highest BCUT2D eigenvalue weighted by molar-refractivity contribution is 7.89. The van der Waals surface area contributed by atoms with Crippen molar-refractivity contribution in [2.24, 2.45) is 13.0 Å². The number of imidazole rings is 1. The maximum Gasteiger partial charge on any atom is 0.225 e. The lowest BCUT2D eigenvalue weighted by Gasteiger charge is -2.32. The minimum Gasteiger partial charge on any atom is -0.342 e. The molecule has 1 aliphatic rings. The van der Waals surface area contributed by atoms with Crippen LogP contribution >= 0.6 is 0 Å². The van der Waals surface area contributed by atoms with Crippen LogP contribution in [0.25, 0.3) is 0 Å². The number of carbonyl (C=O) groups excluding carboxylic acids is 1. The van der Waals surface area contributed by atoms with E-state index in [0.717, 1.165) is 0 Å². The van der Waals surface area contributed by atoms with E-state index < -0.39 is 22.0 Å². The molecule has 1 aliphatic heterocycles. The van der Waals surface area contributed by atoms with Crippen molar-refractivity contribution in [3.63, 3.8) is 0 Å². The van der Waals surface area contributed by atoms with Crippen LogP contribution in [-0.2, 0) is 21.9 Å². The number of sulfonamides is 1. The topological polar surface area (TPSA) is 84.3 Å². The number of carbonyl (C=O) groups is 1. The van der Waals surface area contributed by atoms with Gasteiger partial charge in [0.15, 0.2) is 0 Å². The van der Waals surface area contributed by atoms with Gasteiger partial charge in [-0.3, -0.25) is 4.79 Å². The number of aromatic nitrogens is 2. The molecule has 2 atom stereocenters. The number of hydrogen-bond acceptors (Lipinski definition) is 4. The predicted octanol–water partition coefficient (Wildman–Crippen LogP) is 2.22. The molecule has 0 unspecified atom stereocenters. The molecule has 1 amide bonds. The Kier molecular flexibility index (Phi) is 6.69. The summed E-state index contributed by atoms with van der Waals surface area (Å²) in [5.41, 5.74) is 0.709. The molecular formula is C20H27FN4O3S. The SMILES string of the molecule is CCCS(=O)(=O)N1CCC[C@@H](C(=O)N[C@@H](c2ccc(F)cc2)c2nccn2C)C1. The van der Waals surface area contributed by atoms with E-state index in [0.29, 0.717) is 37.2 Å². The van der Waals surface area contributed by atoms with Crippen LogP contribution in [0.2, 0.25) is 0 Å². The van der Waals surface area contributed by atoms with Gasteiger partial charge in [0.1, 0.15) is 17.7 Å². The van der Waals surface area contributed by atoms with Crippen LogP contribution in [-0.4, -0.2) is 47.0 Å². The number of hydrogen-bond donors (Lipinski definition) is 1. The summed E-state index contributed by atoms with van der Waals surface area (Å²) in [7, 11) is -1.52. The van der Waals surface area contributed by atoms with Crippen molar-refractivity contribution in [1.29, 1.82) is 0 Å². The van der Waals surface area contributed by atoms with E-state index in [1.165, 1.54) is 16.4 Å². The minimum atomic E-state index is -3.34. The van der Waals surface area contributed by atoms with E-state index in [4.69, 9.17) is 0 Å². The second kappa shape index (κ2) is 9.04. The van der Waals surface area contributed by atoms with Gasteiger partial charge in [-0.25, -0.2) is 22.1 Å². The molecule has 7 nitrogen and oxygen atoms in total. The molecule has 1 N–H and O–H groups in total. The molecule has 0 spiro atoms. The lowest BCUT2D eigenvalue weighted by atomic mass is 9.97. The highest BCUT2D eigenvalue weighted by Gasteiger charge is 2.33. The first-order valence-electron chi connectivity index (χ1n) is 9.82. The highest BCUT2D eigenvalue weighted by atomic mass is 32.2. The molecule has 0 radical (unpaired) electrons. The van der Waals surface area contributed by atoms with Crippen molar-refractivity contribution in [2.45, 2.75) is 32.2 Å². The standard InChI is InChI=1S/C20H27FN4O3S/c1-3-13-29(27,28)25-11-4-5-16(14-25)20(26)23-18(19-22-10-12-24(19)2)15-6-8-17(21)9-7-15/h6-10,12,16,18H,3-5,11,13-14H2,1-2H3,(H,23,26)/t16-,18+/m1/s1. The van der Waals surface area contributed by atoms with E-state index >= 15 is 0 Å². The number of halogens is 1. The molecule has 0 bridgehead atoms. The number of piperidine rings is 1. The fourth-order valence-corrected chi connectivity index (χ4v) is 5.25. The Labute approximate surface area is 171 Å².